The van der Waals surface area contributed by atoms with Crippen LogP contribution in [0.5, 0.6) is 0 Å². The van der Waals surface area contributed by atoms with Gasteiger partial charge >= 0.3 is 0 Å². The van der Waals surface area contributed by atoms with Gasteiger partial charge in [-0.1, -0.05) is 24.3 Å². The standard InChI is InChI=1S/C20H16F2N2O2S/c1-24-9-12(13-10-27-16-8-3-2-5-11(13)16)17(20(24)26)19(25)23-15-7-4-6-14(21)18(15)22/h2-8,10,12,17H,9H2,1H3,(H,23,25)/t12-,17+/m1/s1. The maximum Gasteiger partial charge on any atom is 0.237 e. The number of hydrogen-bond donors (Lipinski definition) is 1. The minimum atomic E-state index is -1.14. The fourth-order valence-corrected chi connectivity index (χ4v) is 4.59. The molecule has 2 heterocycles. The molecule has 4 nitrogen and oxygen atoms in total. The smallest absolute Gasteiger partial charge is 0.237 e. The van der Waals surface area contributed by atoms with E-state index in [0.29, 0.717) is 6.54 Å². The van der Waals surface area contributed by atoms with Gasteiger partial charge in [0.05, 0.1) is 5.69 Å². The topological polar surface area (TPSA) is 49.4 Å². The Hall–Kier alpha value is -2.80. The van der Waals surface area contributed by atoms with Crippen LogP contribution in [-0.2, 0) is 9.59 Å². The molecule has 0 aliphatic carbocycles. The predicted octanol–water partition coefficient (Wildman–Crippen LogP) is 3.99. The lowest BCUT2D eigenvalue weighted by molar-refractivity contribution is -0.135. The van der Waals surface area contributed by atoms with Crippen molar-refractivity contribution in [2.75, 3.05) is 18.9 Å². The Labute approximate surface area is 158 Å². The van der Waals surface area contributed by atoms with Gasteiger partial charge in [-0.15, -0.1) is 11.3 Å². The number of nitrogens with one attached hydrogen (secondary N) is 1. The van der Waals surface area contributed by atoms with E-state index in [9.17, 15) is 18.4 Å². The molecule has 27 heavy (non-hydrogen) atoms. The third kappa shape index (κ3) is 2.98. The second-order valence-corrected chi connectivity index (χ2v) is 7.49. The van der Waals surface area contributed by atoms with Crippen molar-refractivity contribution >= 4 is 38.9 Å². The molecule has 1 aliphatic rings. The number of likely N-dealkylation sites (N-methyl/N-ethyl adjacent to an activating group) is 1. The first kappa shape index (κ1) is 17.6. The Morgan fingerprint density at radius 1 is 1.19 bits per heavy atom. The lowest BCUT2D eigenvalue weighted by Gasteiger charge is -2.17. The number of rotatable bonds is 3. The first-order chi connectivity index (χ1) is 13.0. The summed E-state index contributed by atoms with van der Waals surface area (Å²) in [6, 6.07) is 11.3. The molecular weight excluding hydrogens is 370 g/mol. The fraction of sp³-hybridized carbons (Fsp3) is 0.200. The molecule has 1 saturated heterocycles. The average molecular weight is 386 g/mol. The minimum absolute atomic E-state index is 0.267. The van der Waals surface area contributed by atoms with Gasteiger partial charge in [0, 0.05) is 24.2 Å². The summed E-state index contributed by atoms with van der Waals surface area (Å²) in [4.78, 5) is 27.0. The quantitative estimate of drug-likeness (QED) is 0.692. The van der Waals surface area contributed by atoms with Crippen LogP contribution >= 0.6 is 11.3 Å². The highest BCUT2D eigenvalue weighted by atomic mass is 32.1. The highest BCUT2D eigenvalue weighted by Crippen LogP contribution is 2.40. The normalized spacial score (nSPS) is 19.7. The van der Waals surface area contributed by atoms with E-state index in [4.69, 9.17) is 0 Å². The maximum absolute atomic E-state index is 13.9. The van der Waals surface area contributed by atoms with E-state index in [-0.39, 0.29) is 17.5 Å². The number of amides is 2. The number of carbonyl (C=O) groups is 2. The maximum atomic E-state index is 13.9. The van der Waals surface area contributed by atoms with E-state index in [0.717, 1.165) is 21.7 Å². The third-order valence-electron chi connectivity index (χ3n) is 4.92. The molecule has 0 unspecified atom stereocenters. The van der Waals surface area contributed by atoms with Crippen LogP contribution in [0.15, 0.2) is 47.8 Å². The molecule has 2 atom stereocenters. The molecule has 1 aromatic heterocycles. The predicted molar refractivity (Wildman–Crippen MR) is 101 cm³/mol. The summed E-state index contributed by atoms with van der Waals surface area (Å²) in [5.74, 6) is -4.49. The van der Waals surface area contributed by atoms with Crippen LogP contribution in [0.2, 0.25) is 0 Å². The van der Waals surface area contributed by atoms with Crippen LogP contribution in [-0.4, -0.2) is 30.3 Å². The molecule has 4 rings (SSSR count). The Bertz CT molecular complexity index is 1050. The van der Waals surface area contributed by atoms with Crippen LogP contribution in [0.3, 0.4) is 0 Å². The van der Waals surface area contributed by atoms with Gasteiger partial charge in [0.2, 0.25) is 11.8 Å². The second kappa shape index (κ2) is 6.74. The van der Waals surface area contributed by atoms with Crippen LogP contribution < -0.4 is 5.32 Å². The molecule has 1 aliphatic heterocycles. The summed E-state index contributed by atoms with van der Waals surface area (Å²) < 4.78 is 28.4. The molecule has 0 radical (unpaired) electrons. The molecule has 0 bridgehead atoms. The van der Waals surface area contributed by atoms with Crippen LogP contribution in [0.4, 0.5) is 14.5 Å². The summed E-state index contributed by atoms with van der Waals surface area (Å²) in [5.41, 5.74) is 0.657. The highest BCUT2D eigenvalue weighted by molar-refractivity contribution is 7.17. The van der Waals surface area contributed by atoms with Crippen molar-refractivity contribution in [2.24, 2.45) is 5.92 Å². The summed E-state index contributed by atoms with van der Waals surface area (Å²) in [6.07, 6.45) is 0. The molecule has 1 N–H and O–H groups in total. The van der Waals surface area contributed by atoms with Crippen molar-refractivity contribution < 1.29 is 18.4 Å². The van der Waals surface area contributed by atoms with Crippen molar-refractivity contribution in [1.29, 1.82) is 0 Å². The Morgan fingerprint density at radius 2 is 1.96 bits per heavy atom. The van der Waals surface area contributed by atoms with Crippen molar-refractivity contribution in [3.8, 4) is 0 Å². The second-order valence-electron chi connectivity index (χ2n) is 6.58. The Balaban J connectivity index is 1.69. The molecular formula is C20H16F2N2O2S. The molecule has 2 amide bonds. The fourth-order valence-electron chi connectivity index (χ4n) is 3.57. The zero-order valence-electron chi connectivity index (χ0n) is 14.4. The lowest BCUT2D eigenvalue weighted by atomic mass is 9.87. The van der Waals surface area contributed by atoms with Crippen LogP contribution in [0, 0.1) is 17.6 Å². The number of benzene rings is 2. The SMILES string of the molecule is CN1C[C@H](c2csc3ccccc23)[C@@H](C(=O)Nc2cccc(F)c2F)C1=O. The number of hydrogen-bond acceptors (Lipinski definition) is 3. The number of anilines is 1. The Kier molecular flexibility index (Phi) is 4.39. The summed E-state index contributed by atoms with van der Waals surface area (Å²) in [6.45, 7) is 0.392. The van der Waals surface area contributed by atoms with Crippen LogP contribution in [0.25, 0.3) is 10.1 Å². The molecule has 1 fully saturated rings. The highest BCUT2D eigenvalue weighted by Gasteiger charge is 2.45. The zero-order chi connectivity index (χ0) is 19.1. The summed E-state index contributed by atoms with van der Waals surface area (Å²) in [5, 5.41) is 5.35. The monoisotopic (exact) mass is 386 g/mol. The van der Waals surface area contributed by atoms with E-state index in [1.807, 2.05) is 29.6 Å². The minimum Gasteiger partial charge on any atom is -0.344 e. The summed E-state index contributed by atoms with van der Waals surface area (Å²) in [7, 11) is 1.64. The number of halogens is 2. The largest absolute Gasteiger partial charge is 0.344 e. The van der Waals surface area contributed by atoms with E-state index in [1.54, 1.807) is 18.4 Å². The van der Waals surface area contributed by atoms with E-state index >= 15 is 0 Å². The molecule has 7 heteroatoms. The van der Waals surface area contributed by atoms with E-state index in [1.165, 1.54) is 17.0 Å². The number of carbonyl (C=O) groups excluding carboxylic acids is 2. The van der Waals surface area contributed by atoms with Crippen LogP contribution in [0.1, 0.15) is 11.5 Å². The molecule has 3 aromatic rings. The molecule has 0 saturated carbocycles. The van der Waals surface area contributed by atoms with E-state index < -0.39 is 23.5 Å². The lowest BCUT2D eigenvalue weighted by Crippen LogP contribution is -2.33. The van der Waals surface area contributed by atoms with E-state index in [2.05, 4.69) is 5.32 Å². The van der Waals surface area contributed by atoms with Crippen molar-refractivity contribution in [1.82, 2.24) is 4.90 Å². The average Bonchev–Trinajstić information content (AvgIpc) is 3.20. The molecule has 0 spiro atoms. The number of nitrogens with zero attached hydrogens (tertiary/aromatic N) is 1. The molecule has 138 valence electrons. The van der Waals surface area contributed by atoms with Crippen molar-refractivity contribution in [3.63, 3.8) is 0 Å². The van der Waals surface area contributed by atoms with Gasteiger partial charge in [0.25, 0.3) is 0 Å². The van der Waals surface area contributed by atoms with Gasteiger partial charge in [0.1, 0.15) is 5.92 Å². The van der Waals surface area contributed by atoms with Crippen molar-refractivity contribution in [3.05, 3.63) is 65.0 Å². The van der Waals surface area contributed by atoms with Crippen molar-refractivity contribution in [2.45, 2.75) is 5.92 Å². The molecule has 2 aromatic carbocycles. The third-order valence-corrected chi connectivity index (χ3v) is 5.90. The van der Waals surface area contributed by atoms with Gasteiger partial charge in [0.15, 0.2) is 11.6 Å². The van der Waals surface area contributed by atoms with Gasteiger partial charge in [-0.25, -0.2) is 8.78 Å². The summed E-state index contributed by atoms with van der Waals surface area (Å²) >= 11 is 1.55. The Morgan fingerprint density at radius 3 is 2.78 bits per heavy atom. The first-order valence-corrected chi connectivity index (χ1v) is 9.31. The zero-order valence-corrected chi connectivity index (χ0v) is 15.2. The van der Waals surface area contributed by atoms with Gasteiger partial charge in [-0.05, 0) is 34.5 Å². The van der Waals surface area contributed by atoms with Gasteiger partial charge < -0.3 is 10.2 Å². The number of likely N-dealkylation sites (tertiary alicyclic amines) is 1. The first-order valence-electron chi connectivity index (χ1n) is 8.43. The van der Waals surface area contributed by atoms with Gasteiger partial charge in [-0.2, -0.15) is 0 Å². The van der Waals surface area contributed by atoms with Gasteiger partial charge in [-0.3, -0.25) is 9.59 Å². The number of fused-ring (bicyclic) bond motifs is 1. The number of thiophene rings is 1.